The summed E-state index contributed by atoms with van der Waals surface area (Å²) in [4.78, 5) is 24.3. The zero-order valence-electron chi connectivity index (χ0n) is 11.0. The molecule has 0 saturated carbocycles. The maximum Gasteiger partial charge on any atom is 0.292 e. The van der Waals surface area contributed by atoms with Crippen LogP contribution in [0.25, 0.3) is 0 Å². The number of nitrogens with two attached hydrogens (primary N) is 1. The quantitative estimate of drug-likeness (QED) is 0.502. The van der Waals surface area contributed by atoms with E-state index in [0.29, 0.717) is 13.1 Å². The van der Waals surface area contributed by atoms with Crippen molar-refractivity contribution in [2.45, 2.75) is 20.3 Å². The fraction of sp³-hybridized carbons (Fsp3) is 0.462. The lowest BCUT2D eigenvalue weighted by Gasteiger charge is -2.20. The van der Waals surface area contributed by atoms with E-state index in [0.717, 1.165) is 6.42 Å². The molecule has 1 aromatic carbocycles. The minimum Gasteiger partial charge on any atom is -0.393 e. The zero-order valence-corrected chi connectivity index (χ0v) is 11.0. The molecule has 0 aliphatic carbocycles. The number of carbonyl (C=O) groups excluding carboxylic acids is 1. The van der Waals surface area contributed by atoms with Crippen LogP contribution in [-0.2, 0) is 0 Å². The predicted molar refractivity (Wildman–Crippen MR) is 71.8 cm³/mol. The van der Waals surface area contributed by atoms with Crippen LogP contribution in [0.5, 0.6) is 0 Å². The Bertz CT molecular complexity index is 540. The van der Waals surface area contributed by atoms with E-state index >= 15 is 0 Å². The molecule has 1 fully saturated rings. The molecule has 0 unspecified atom stereocenters. The number of para-hydroxylation sites is 1. The van der Waals surface area contributed by atoms with Gasteiger partial charge in [0.1, 0.15) is 5.69 Å². The van der Waals surface area contributed by atoms with Gasteiger partial charge in [0.15, 0.2) is 0 Å². The Morgan fingerprint density at radius 1 is 1.47 bits per heavy atom. The zero-order chi connectivity index (χ0) is 14.2. The fourth-order valence-corrected chi connectivity index (χ4v) is 2.35. The molecule has 0 bridgehead atoms. The Labute approximate surface area is 111 Å². The number of likely N-dealkylation sites (tertiary alicyclic amines) is 1. The van der Waals surface area contributed by atoms with Gasteiger partial charge in [0, 0.05) is 19.2 Å². The average Bonchev–Trinajstić information content (AvgIpc) is 2.69. The van der Waals surface area contributed by atoms with Crippen molar-refractivity contribution < 1.29 is 9.72 Å². The monoisotopic (exact) mass is 263 g/mol. The van der Waals surface area contributed by atoms with Crippen molar-refractivity contribution in [1.29, 1.82) is 0 Å². The van der Waals surface area contributed by atoms with Crippen LogP contribution >= 0.6 is 0 Å². The lowest BCUT2D eigenvalue weighted by Crippen LogP contribution is -2.30. The van der Waals surface area contributed by atoms with Crippen LogP contribution in [0.15, 0.2) is 18.2 Å². The number of amides is 1. The minimum absolute atomic E-state index is 0.0535. The second kappa shape index (κ2) is 4.53. The third-order valence-corrected chi connectivity index (χ3v) is 3.47. The van der Waals surface area contributed by atoms with Gasteiger partial charge in [-0.05, 0) is 17.9 Å². The summed E-state index contributed by atoms with van der Waals surface area (Å²) in [6.45, 7) is 5.50. The Balaban J connectivity index is 2.30. The summed E-state index contributed by atoms with van der Waals surface area (Å²) in [7, 11) is 0. The first kappa shape index (κ1) is 13.3. The van der Waals surface area contributed by atoms with Gasteiger partial charge in [-0.1, -0.05) is 19.9 Å². The van der Waals surface area contributed by atoms with Gasteiger partial charge in [0.25, 0.3) is 11.6 Å². The highest BCUT2D eigenvalue weighted by Gasteiger charge is 2.33. The van der Waals surface area contributed by atoms with Crippen molar-refractivity contribution in [2.24, 2.45) is 5.41 Å². The molecule has 1 aromatic rings. The highest BCUT2D eigenvalue weighted by Crippen LogP contribution is 2.32. The molecule has 6 heteroatoms. The third-order valence-electron chi connectivity index (χ3n) is 3.47. The summed E-state index contributed by atoms with van der Waals surface area (Å²) in [6, 6.07) is 4.33. The Hall–Kier alpha value is -2.11. The third kappa shape index (κ3) is 2.52. The molecule has 6 nitrogen and oxygen atoms in total. The number of rotatable bonds is 2. The minimum atomic E-state index is -0.569. The fourth-order valence-electron chi connectivity index (χ4n) is 2.35. The van der Waals surface area contributed by atoms with Gasteiger partial charge in [-0.15, -0.1) is 0 Å². The van der Waals surface area contributed by atoms with Crippen LogP contribution in [0, 0.1) is 15.5 Å². The number of anilines is 1. The van der Waals surface area contributed by atoms with E-state index in [-0.39, 0.29) is 28.3 Å². The number of carbonyl (C=O) groups is 1. The summed E-state index contributed by atoms with van der Waals surface area (Å²) in [5.41, 5.74) is 5.76. The van der Waals surface area contributed by atoms with Crippen LogP contribution < -0.4 is 5.73 Å². The maximum absolute atomic E-state index is 12.4. The molecule has 1 saturated heterocycles. The van der Waals surface area contributed by atoms with Gasteiger partial charge in [-0.3, -0.25) is 14.9 Å². The van der Waals surface area contributed by atoms with E-state index in [1.807, 2.05) is 0 Å². The normalized spacial score (nSPS) is 17.5. The molecule has 0 atom stereocenters. The Morgan fingerprint density at radius 2 is 2.16 bits per heavy atom. The van der Waals surface area contributed by atoms with Crippen LogP contribution in [-0.4, -0.2) is 28.8 Å². The molecule has 19 heavy (non-hydrogen) atoms. The molecule has 102 valence electrons. The summed E-state index contributed by atoms with van der Waals surface area (Å²) < 4.78 is 0. The van der Waals surface area contributed by atoms with Crippen molar-refractivity contribution in [3.05, 3.63) is 33.9 Å². The number of nitrogens with zero attached hydrogens (tertiary/aromatic N) is 2. The number of hydrogen-bond acceptors (Lipinski definition) is 4. The van der Waals surface area contributed by atoms with E-state index in [4.69, 9.17) is 5.73 Å². The summed E-state index contributed by atoms with van der Waals surface area (Å²) in [5.74, 6) is -0.230. The second-order valence-corrected chi connectivity index (χ2v) is 5.64. The van der Waals surface area contributed by atoms with Crippen LogP contribution in [0.1, 0.15) is 30.6 Å². The first-order valence-corrected chi connectivity index (χ1v) is 6.14. The van der Waals surface area contributed by atoms with Gasteiger partial charge in [0.05, 0.1) is 10.5 Å². The summed E-state index contributed by atoms with van der Waals surface area (Å²) in [5, 5.41) is 10.8. The van der Waals surface area contributed by atoms with Crippen molar-refractivity contribution >= 4 is 17.3 Å². The SMILES string of the molecule is CC1(C)CCN(C(=O)c2cccc([N+](=O)[O-])c2N)C1. The number of nitro groups is 1. The van der Waals surface area contributed by atoms with Crippen molar-refractivity contribution in [3.8, 4) is 0 Å². The number of benzene rings is 1. The smallest absolute Gasteiger partial charge is 0.292 e. The van der Waals surface area contributed by atoms with Gasteiger partial charge in [-0.25, -0.2) is 0 Å². The summed E-state index contributed by atoms with van der Waals surface area (Å²) >= 11 is 0. The van der Waals surface area contributed by atoms with E-state index < -0.39 is 4.92 Å². The number of nitro benzene ring substituents is 1. The molecular formula is C13H17N3O3. The van der Waals surface area contributed by atoms with Gasteiger partial charge >= 0.3 is 0 Å². The molecule has 1 amide bonds. The van der Waals surface area contributed by atoms with Crippen molar-refractivity contribution in [2.75, 3.05) is 18.8 Å². The lowest BCUT2D eigenvalue weighted by atomic mass is 9.93. The molecule has 2 rings (SSSR count). The highest BCUT2D eigenvalue weighted by atomic mass is 16.6. The topological polar surface area (TPSA) is 89.5 Å². The van der Waals surface area contributed by atoms with Gasteiger partial charge < -0.3 is 10.6 Å². The average molecular weight is 263 g/mol. The molecule has 1 aliphatic rings. The Morgan fingerprint density at radius 3 is 2.68 bits per heavy atom. The second-order valence-electron chi connectivity index (χ2n) is 5.64. The van der Waals surface area contributed by atoms with E-state index in [2.05, 4.69) is 13.8 Å². The van der Waals surface area contributed by atoms with Crippen molar-refractivity contribution in [1.82, 2.24) is 4.90 Å². The Kier molecular flexibility index (Phi) is 3.18. The predicted octanol–water partition coefficient (Wildman–Crippen LogP) is 2.05. The van der Waals surface area contributed by atoms with E-state index in [1.54, 1.807) is 4.90 Å². The van der Waals surface area contributed by atoms with Crippen molar-refractivity contribution in [3.63, 3.8) is 0 Å². The van der Waals surface area contributed by atoms with E-state index in [9.17, 15) is 14.9 Å². The lowest BCUT2D eigenvalue weighted by molar-refractivity contribution is -0.383. The molecule has 1 heterocycles. The highest BCUT2D eigenvalue weighted by molar-refractivity contribution is 6.01. The van der Waals surface area contributed by atoms with Gasteiger partial charge in [0.2, 0.25) is 0 Å². The first-order valence-electron chi connectivity index (χ1n) is 6.14. The molecule has 2 N–H and O–H groups in total. The maximum atomic E-state index is 12.4. The van der Waals surface area contributed by atoms with Crippen LogP contribution in [0.3, 0.4) is 0 Å². The summed E-state index contributed by atoms with van der Waals surface area (Å²) in [6.07, 6.45) is 0.924. The standard InChI is InChI=1S/C13H17N3O3/c1-13(2)6-7-15(8-13)12(17)9-4-3-5-10(11(9)14)16(18)19/h3-5H,6-8,14H2,1-2H3. The molecule has 1 aliphatic heterocycles. The van der Waals surface area contributed by atoms with Crippen LogP contribution in [0.4, 0.5) is 11.4 Å². The molecule has 0 spiro atoms. The first-order chi connectivity index (χ1) is 8.82. The van der Waals surface area contributed by atoms with E-state index in [1.165, 1.54) is 18.2 Å². The largest absolute Gasteiger partial charge is 0.393 e. The number of nitrogen functional groups attached to an aromatic ring is 1. The van der Waals surface area contributed by atoms with Gasteiger partial charge in [-0.2, -0.15) is 0 Å². The molecule has 0 aromatic heterocycles. The molecule has 0 radical (unpaired) electrons. The number of hydrogen-bond donors (Lipinski definition) is 1. The van der Waals surface area contributed by atoms with Crippen LogP contribution in [0.2, 0.25) is 0 Å². The molecular weight excluding hydrogens is 246 g/mol.